The Hall–Kier alpha value is -0.540. The third-order valence-electron chi connectivity index (χ3n) is 4.06. The van der Waals surface area contributed by atoms with Crippen LogP contribution in [0.5, 0.6) is 0 Å². The lowest BCUT2D eigenvalue weighted by Crippen LogP contribution is -2.45. The Balaban J connectivity index is 1.78. The van der Waals surface area contributed by atoms with E-state index in [2.05, 4.69) is 18.3 Å². The van der Waals surface area contributed by atoms with Gasteiger partial charge in [0.25, 0.3) is 0 Å². The van der Waals surface area contributed by atoms with E-state index in [9.17, 15) is 5.11 Å². The van der Waals surface area contributed by atoms with Crippen LogP contribution in [0.25, 0.3) is 0 Å². The maximum atomic E-state index is 9.45. The van der Waals surface area contributed by atoms with E-state index in [1.165, 1.54) is 12.8 Å². The molecule has 2 N–H and O–H groups in total. The van der Waals surface area contributed by atoms with Gasteiger partial charge in [-0.1, -0.05) is 13.3 Å². The molecular weight excluding hydrogens is 202 g/mol. The Bertz CT molecular complexity index is 254. The topological polar surface area (TPSA) is 41.5 Å². The second-order valence-corrected chi connectivity index (χ2v) is 5.37. The summed E-state index contributed by atoms with van der Waals surface area (Å²) >= 11 is 0. The molecule has 2 aliphatic rings. The molecule has 92 valence electrons. The van der Waals surface area contributed by atoms with Crippen molar-refractivity contribution in [3.05, 3.63) is 12.3 Å². The van der Waals surface area contributed by atoms with E-state index in [1.807, 2.05) is 6.26 Å². The van der Waals surface area contributed by atoms with Gasteiger partial charge in [-0.2, -0.15) is 0 Å². The Labute approximate surface area is 97.9 Å². The molecule has 2 rings (SSSR count). The molecule has 0 bridgehead atoms. The first-order chi connectivity index (χ1) is 7.74. The zero-order chi connectivity index (χ0) is 11.4. The molecule has 1 fully saturated rings. The highest BCUT2D eigenvalue weighted by Crippen LogP contribution is 2.37. The number of rotatable bonds is 4. The van der Waals surface area contributed by atoms with Crippen LogP contribution in [0.4, 0.5) is 0 Å². The molecule has 0 aromatic carbocycles. The van der Waals surface area contributed by atoms with E-state index in [-0.39, 0.29) is 12.0 Å². The molecule has 3 heteroatoms. The number of ether oxygens (including phenoxy) is 1. The highest BCUT2D eigenvalue weighted by Gasteiger charge is 2.38. The SMILES string of the molecule is C[C@]1(CO)CCC[C@H]1NC[C@H]1CCC=CO1. The van der Waals surface area contributed by atoms with E-state index in [0.29, 0.717) is 12.1 Å². The number of nitrogens with one attached hydrogen (secondary N) is 1. The molecule has 0 aromatic rings. The number of hydrogen-bond donors (Lipinski definition) is 2. The quantitative estimate of drug-likeness (QED) is 0.767. The lowest BCUT2D eigenvalue weighted by molar-refractivity contribution is 0.0906. The third-order valence-corrected chi connectivity index (χ3v) is 4.06. The van der Waals surface area contributed by atoms with Gasteiger partial charge < -0.3 is 15.2 Å². The van der Waals surface area contributed by atoms with Gasteiger partial charge in [0.05, 0.1) is 6.26 Å². The van der Waals surface area contributed by atoms with Gasteiger partial charge in [0.1, 0.15) is 6.10 Å². The van der Waals surface area contributed by atoms with E-state index in [1.54, 1.807) is 0 Å². The number of allylic oxidation sites excluding steroid dienone is 1. The van der Waals surface area contributed by atoms with Crippen LogP contribution in [0.2, 0.25) is 0 Å². The van der Waals surface area contributed by atoms with Crippen molar-refractivity contribution in [3.63, 3.8) is 0 Å². The van der Waals surface area contributed by atoms with Crippen LogP contribution < -0.4 is 5.32 Å². The summed E-state index contributed by atoms with van der Waals surface area (Å²) in [6.07, 6.45) is 9.96. The molecule has 16 heavy (non-hydrogen) atoms. The minimum absolute atomic E-state index is 0.0739. The van der Waals surface area contributed by atoms with Gasteiger partial charge >= 0.3 is 0 Å². The fourth-order valence-electron chi connectivity index (χ4n) is 2.78. The van der Waals surface area contributed by atoms with Crippen molar-refractivity contribution in [2.45, 2.75) is 51.2 Å². The summed E-state index contributed by atoms with van der Waals surface area (Å²) in [4.78, 5) is 0. The highest BCUT2D eigenvalue weighted by molar-refractivity contribution is 4.94. The second kappa shape index (κ2) is 5.19. The molecule has 0 saturated heterocycles. The van der Waals surface area contributed by atoms with Crippen LogP contribution in [-0.4, -0.2) is 30.4 Å². The Morgan fingerprint density at radius 2 is 2.38 bits per heavy atom. The molecule has 0 radical (unpaired) electrons. The Kier molecular flexibility index (Phi) is 3.87. The number of aliphatic hydroxyl groups excluding tert-OH is 1. The van der Waals surface area contributed by atoms with E-state index < -0.39 is 0 Å². The summed E-state index contributed by atoms with van der Waals surface area (Å²) in [6.45, 7) is 3.37. The first-order valence-electron chi connectivity index (χ1n) is 6.39. The van der Waals surface area contributed by atoms with Gasteiger partial charge in [-0.05, 0) is 31.8 Å². The third kappa shape index (κ3) is 2.58. The maximum Gasteiger partial charge on any atom is 0.110 e. The summed E-state index contributed by atoms with van der Waals surface area (Å²) in [7, 11) is 0. The smallest absolute Gasteiger partial charge is 0.110 e. The van der Waals surface area contributed by atoms with Gasteiger partial charge in [0, 0.05) is 24.6 Å². The first-order valence-corrected chi connectivity index (χ1v) is 6.39. The zero-order valence-corrected chi connectivity index (χ0v) is 10.1. The van der Waals surface area contributed by atoms with Gasteiger partial charge in [0.15, 0.2) is 0 Å². The summed E-state index contributed by atoms with van der Waals surface area (Å²) < 4.78 is 5.53. The molecule has 0 unspecified atom stereocenters. The predicted octanol–water partition coefficient (Wildman–Crippen LogP) is 1.82. The molecule has 1 aliphatic heterocycles. The summed E-state index contributed by atoms with van der Waals surface area (Å²) in [5.74, 6) is 0. The molecule has 0 amide bonds. The van der Waals surface area contributed by atoms with Crippen molar-refractivity contribution in [2.75, 3.05) is 13.2 Å². The van der Waals surface area contributed by atoms with Gasteiger partial charge in [-0.25, -0.2) is 0 Å². The lowest BCUT2D eigenvalue weighted by atomic mass is 9.85. The van der Waals surface area contributed by atoms with Gasteiger partial charge in [0.2, 0.25) is 0 Å². The molecule has 0 aromatic heterocycles. The van der Waals surface area contributed by atoms with Crippen molar-refractivity contribution >= 4 is 0 Å². The molecule has 1 aliphatic carbocycles. The van der Waals surface area contributed by atoms with Crippen molar-refractivity contribution in [1.82, 2.24) is 5.32 Å². The summed E-state index contributed by atoms with van der Waals surface area (Å²) in [5, 5.41) is 13.0. The minimum atomic E-state index is 0.0739. The van der Waals surface area contributed by atoms with Crippen LogP contribution >= 0.6 is 0 Å². The van der Waals surface area contributed by atoms with Crippen LogP contribution in [-0.2, 0) is 4.74 Å². The van der Waals surface area contributed by atoms with Crippen LogP contribution in [0.15, 0.2) is 12.3 Å². The highest BCUT2D eigenvalue weighted by atomic mass is 16.5. The fraction of sp³-hybridized carbons (Fsp3) is 0.846. The van der Waals surface area contributed by atoms with E-state index in [4.69, 9.17) is 4.74 Å². The normalized spacial score (nSPS) is 38.6. The zero-order valence-electron chi connectivity index (χ0n) is 10.1. The average molecular weight is 225 g/mol. The summed E-state index contributed by atoms with van der Waals surface area (Å²) in [5.41, 5.74) is 0.0739. The average Bonchev–Trinajstić information content (AvgIpc) is 2.70. The van der Waals surface area contributed by atoms with Gasteiger partial charge in [-0.15, -0.1) is 0 Å². The summed E-state index contributed by atoms with van der Waals surface area (Å²) in [6, 6.07) is 0.451. The van der Waals surface area contributed by atoms with Crippen molar-refractivity contribution in [2.24, 2.45) is 5.41 Å². The predicted molar refractivity (Wildman–Crippen MR) is 64.1 cm³/mol. The number of aliphatic hydroxyl groups is 1. The fourth-order valence-corrected chi connectivity index (χ4v) is 2.78. The minimum Gasteiger partial charge on any atom is -0.497 e. The first kappa shape index (κ1) is 11.9. The lowest BCUT2D eigenvalue weighted by Gasteiger charge is -2.32. The molecule has 1 saturated carbocycles. The van der Waals surface area contributed by atoms with Crippen LogP contribution in [0.3, 0.4) is 0 Å². The maximum absolute atomic E-state index is 9.45. The molecular formula is C13H23NO2. The Morgan fingerprint density at radius 3 is 3.06 bits per heavy atom. The van der Waals surface area contributed by atoms with Crippen LogP contribution in [0.1, 0.15) is 39.0 Å². The Morgan fingerprint density at radius 1 is 1.50 bits per heavy atom. The van der Waals surface area contributed by atoms with Crippen molar-refractivity contribution in [3.8, 4) is 0 Å². The van der Waals surface area contributed by atoms with E-state index >= 15 is 0 Å². The van der Waals surface area contributed by atoms with Crippen molar-refractivity contribution in [1.29, 1.82) is 0 Å². The van der Waals surface area contributed by atoms with Crippen molar-refractivity contribution < 1.29 is 9.84 Å². The molecule has 3 atom stereocenters. The molecule has 3 nitrogen and oxygen atoms in total. The second-order valence-electron chi connectivity index (χ2n) is 5.37. The van der Waals surface area contributed by atoms with E-state index in [0.717, 1.165) is 25.8 Å². The standard InChI is InChI=1S/C13H23NO2/c1-13(10-15)7-4-6-12(13)14-9-11-5-2-3-8-16-11/h3,8,11-12,14-15H,2,4-7,9-10H2,1H3/t11-,12-,13-/m1/s1. The van der Waals surface area contributed by atoms with Gasteiger partial charge in [-0.3, -0.25) is 0 Å². The largest absolute Gasteiger partial charge is 0.497 e. The molecule has 0 spiro atoms. The number of hydrogen-bond acceptors (Lipinski definition) is 3. The monoisotopic (exact) mass is 225 g/mol. The molecule has 1 heterocycles. The van der Waals surface area contributed by atoms with Crippen LogP contribution in [0, 0.1) is 5.41 Å².